The highest BCUT2D eigenvalue weighted by molar-refractivity contribution is 9.10. The van der Waals surface area contributed by atoms with Crippen LogP contribution in [0.25, 0.3) is 0 Å². The molecule has 0 unspecified atom stereocenters. The van der Waals surface area contributed by atoms with Crippen LogP contribution >= 0.6 is 15.9 Å². The van der Waals surface area contributed by atoms with E-state index < -0.39 is 11.6 Å². The summed E-state index contributed by atoms with van der Waals surface area (Å²) >= 11 is 3.00. The van der Waals surface area contributed by atoms with Gasteiger partial charge in [-0.1, -0.05) is 0 Å². The Bertz CT molecular complexity index is 620. The first-order valence-corrected chi connectivity index (χ1v) is 6.15. The van der Waals surface area contributed by atoms with Crippen LogP contribution in [-0.2, 0) is 0 Å². The average molecular weight is 329 g/mol. The third kappa shape index (κ3) is 2.96. The lowest BCUT2D eigenvalue weighted by atomic mass is 10.2. The summed E-state index contributed by atoms with van der Waals surface area (Å²) in [6.07, 6.45) is 0. The Balaban J connectivity index is 2.38. The highest BCUT2D eigenvalue weighted by Crippen LogP contribution is 2.31. The van der Waals surface area contributed by atoms with Crippen LogP contribution in [0.3, 0.4) is 0 Å². The highest BCUT2D eigenvalue weighted by atomic mass is 79.9. The van der Waals surface area contributed by atoms with E-state index in [2.05, 4.69) is 21.2 Å². The maximum atomic E-state index is 13.6. The molecule has 0 heterocycles. The number of hydrogen-bond donors (Lipinski definition) is 2. The van der Waals surface area contributed by atoms with Crippen LogP contribution in [0.2, 0.25) is 0 Å². The predicted molar refractivity (Wildman–Crippen MR) is 74.7 cm³/mol. The molecule has 0 aliphatic heterocycles. The fourth-order valence-corrected chi connectivity index (χ4v) is 1.88. The summed E-state index contributed by atoms with van der Waals surface area (Å²) in [5, 5.41) is 2.81. The van der Waals surface area contributed by atoms with Gasteiger partial charge in [0.15, 0.2) is 0 Å². The molecule has 0 radical (unpaired) electrons. The van der Waals surface area contributed by atoms with E-state index in [4.69, 9.17) is 10.5 Å². The molecule has 0 amide bonds. The lowest BCUT2D eigenvalue weighted by Gasteiger charge is -2.12. The first kappa shape index (κ1) is 13.6. The molecule has 2 rings (SSSR count). The first-order chi connectivity index (χ1) is 9.01. The molecule has 6 heteroatoms. The molecular formula is C13H11BrF2N2O. The summed E-state index contributed by atoms with van der Waals surface area (Å²) in [4.78, 5) is 0. The van der Waals surface area contributed by atoms with E-state index in [0.717, 1.165) is 6.07 Å². The molecule has 3 N–H and O–H groups in total. The van der Waals surface area contributed by atoms with Gasteiger partial charge in [-0.25, -0.2) is 8.78 Å². The molecule has 3 nitrogen and oxygen atoms in total. The minimum Gasteiger partial charge on any atom is -0.497 e. The highest BCUT2D eigenvalue weighted by Gasteiger charge is 2.10. The monoisotopic (exact) mass is 328 g/mol. The van der Waals surface area contributed by atoms with Crippen LogP contribution in [0, 0.1) is 11.6 Å². The quantitative estimate of drug-likeness (QED) is 0.659. The molecule has 0 aliphatic rings. The van der Waals surface area contributed by atoms with Crippen LogP contribution in [-0.4, -0.2) is 7.11 Å². The van der Waals surface area contributed by atoms with Crippen molar-refractivity contribution in [1.82, 2.24) is 0 Å². The predicted octanol–water partition coefficient (Wildman–Crippen LogP) is 4.06. The molecule has 0 atom stereocenters. The normalized spacial score (nSPS) is 10.3. The van der Waals surface area contributed by atoms with Gasteiger partial charge in [0.1, 0.15) is 17.4 Å². The minimum atomic E-state index is -0.706. The van der Waals surface area contributed by atoms with Gasteiger partial charge in [-0.2, -0.15) is 0 Å². The van der Waals surface area contributed by atoms with Crippen LogP contribution in [0.4, 0.5) is 25.8 Å². The van der Waals surface area contributed by atoms with Crippen molar-refractivity contribution < 1.29 is 13.5 Å². The van der Waals surface area contributed by atoms with Gasteiger partial charge in [0, 0.05) is 12.1 Å². The summed E-state index contributed by atoms with van der Waals surface area (Å²) in [6, 6.07) is 7.06. The molecule has 0 spiro atoms. The molecule has 0 bridgehead atoms. The zero-order valence-corrected chi connectivity index (χ0v) is 11.6. The van der Waals surface area contributed by atoms with E-state index in [0.29, 0.717) is 17.1 Å². The number of hydrogen-bond acceptors (Lipinski definition) is 3. The van der Waals surface area contributed by atoms with Crippen LogP contribution < -0.4 is 15.8 Å². The second-order valence-electron chi connectivity index (χ2n) is 3.82. The van der Waals surface area contributed by atoms with Gasteiger partial charge in [0.2, 0.25) is 0 Å². The zero-order valence-electron chi connectivity index (χ0n) is 10.0. The van der Waals surface area contributed by atoms with E-state index in [1.54, 1.807) is 18.2 Å². The standard InChI is InChI=1S/C13H11BrF2N2O/c1-19-7-2-3-11(17)13(4-7)18-12-5-8(14)9(15)6-10(12)16/h2-6,18H,17H2,1H3. The maximum Gasteiger partial charge on any atom is 0.149 e. The molecular weight excluding hydrogens is 318 g/mol. The smallest absolute Gasteiger partial charge is 0.149 e. The fraction of sp³-hybridized carbons (Fsp3) is 0.0769. The molecule has 100 valence electrons. The van der Waals surface area contributed by atoms with Gasteiger partial charge < -0.3 is 15.8 Å². The number of benzene rings is 2. The second kappa shape index (κ2) is 5.44. The van der Waals surface area contributed by atoms with Crippen molar-refractivity contribution >= 4 is 33.0 Å². The van der Waals surface area contributed by atoms with Crippen LogP contribution in [0.5, 0.6) is 5.75 Å². The molecule has 0 saturated carbocycles. The number of rotatable bonds is 3. The first-order valence-electron chi connectivity index (χ1n) is 5.36. The number of halogens is 3. The summed E-state index contributed by atoms with van der Waals surface area (Å²) in [5.41, 5.74) is 6.82. The minimum absolute atomic E-state index is 0.119. The summed E-state index contributed by atoms with van der Waals surface area (Å²) in [6.45, 7) is 0. The largest absolute Gasteiger partial charge is 0.497 e. The van der Waals surface area contributed by atoms with E-state index in [1.165, 1.54) is 13.2 Å². The topological polar surface area (TPSA) is 47.3 Å². The van der Waals surface area contributed by atoms with Crippen molar-refractivity contribution in [2.45, 2.75) is 0 Å². The van der Waals surface area contributed by atoms with Gasteiger partial charge in [-0.15, -0.1) is 0 Å². The number of nitrogens with two attached hydrogens (primary N) is 1. The van der Waals surface area contributed by atoms with Crippen LogP contribution in [0.15, 0.2) is 34.8 Å². The summed E-state index contributed by atoms with van der Waals surface area (Å²) in [7, 11) is 1.52. The van der Waals surface area contributed by atoms with Crippen molar-refractivity contribution in [3.05, 3.63) is 46.4 Å². The van der Waals surface area contributed by atoms with Crippen molar-refractivity contribution in [1.29, 1.82) is 0 Å². The number of nitrogens with one attached hydrogen (secondary N) is 1. The lowest BCUT2D eigenvalue weighted by molar-refractivity contribution is 0.415. The van der Waals surface area contributed by atoms with Gasteiger partial charge in [0.25, 0.3) is 0 Å². The van der Waals surface area contributed by atoms with Crippen molar-refractivity contribution in [3.8, 4) is 5.75 Å². The molecule has 0 aliphatic carbocycles. The van der Waals surface area contributed by atoms with E-state index in [1.807, 2.05) is 0 Å². The zero-order chi connectivity index (χ0) is 14.0. The van der Waals surface area contributed by atoms with E-state index >= 15 is 0 Å². The van der Waals surface area contributed by atoms with Gasteiger partial charge in [-0.05, 0) is 34.1 Å². The SMILES string of the molecule is COc1ccc(N)c(Nc2cc(Br)c(F)cc2F)c1. The maximum absolute atomic E-state index is 13.6. The Labute approximate surface area is 117 Å². The van der Waals surface area contributed by atoms with Crippen molar-refractivity contribution in [3.63, 3.8) is 0 Å². The van der Waals surface area contributed by atoms with Gasteiger partial charge >= 0.3 is 0 Å². The number of anilines is 3. The van der Waals surface area contributed by atoms with Gasteiger partial charge in [0.05, 0.1) is 28.6 Å². The number of ether oxygens (including phenoxy) is 1. The van der Waals surface area contributed by atoms with Gasteiger partial charge in [-0.3, -0.25) is 0 Å². The second-order valence-corrected chi connectivity index (χ2v) is 4.68. The summed E-state index contributed by atoms with van der Waals surface area (Å²) < 4.78 is 32.0. The van der Waals surface area contributed by atoms with E-state index in [-0.39, 0.29) is 10.2 Å². The molecule has 2 aromatic rings. The Morgan fingerprint density at radius 3 is 2.53 bits per heavy atom. The summed E-state index contributed by atoms with van der Waals surface area (Å²) in [5.74, 6) is -0.789. The Kier molecular flexibility index (Phi) is 3.90. The molecule has 0 aromatic heterocycles. The Morgan fingerprint density at radius 1 is 1.11 bits per heavy atom. The number of nitrogen functional groups attached to an aromatic ring is 1. The van der Waals surface area contributed by atoms with E-state index in [9.17, 15) is 8.78 Å². The van der Waals surface area contributed by atoms with Crippen molar-refractivity contribution in [2.75, 3.05) is 18.2 Å². The molecule has 0 fully saturated rings. The average Bonchev–Trinajstić information content (AvgIpc) is 2.38. The van der Waals surface area contributed by atoms with Crippen molar-refractivity contribution in [2.24, 2.45) is 0 Å². The third-order valence-electron chi connectivity index (χ3n) is 2.54. The molecule has 0 saturated heterocycles. The lowest BCUT2D eigenvalue weighted by Crippen LogP contribution is -1.99. The Morgan fingerprint density at radius 2 is 1.84 bits per heavy atom. The fourth-order valence-electron chi connectivity index (χ4n) is 1.53. The number of methoxy groups -OCH3 is 1. The molecule has 2 aromatic carbocycles. The Hall–Kier alpha value is -1.82. The van der Waals surface area contributed by atoms with Crippen LogP contribution in [0.1, 0.15) is 0 Å². The third-order valence-corrected chi connectivity index (χ3v) is 3.15. The molecule has 19 heavy (non-hydrogen) atoms.